The number of carboxylic acid groups (broad SMARTS) is 1. The van der Waals surface area contributed by atoms with Crippen LogP contribution in [0.25, 0.3) is 22.4 Å². The molecule has 58 heavy (non-hydrogen) atoms. The van der Waals surface area contributed by atoms with Crippen LogP contribution in [0.1, 0.15) is 49.0 Å². The van der Waals surface area contributed by atoms with Gasteiger partial charge in [-0.25, -0.2) is 14.8 Å². The van der Waals surface area contributed by atoms with Gasteiger partial charge in [0, 0.05) is 28.8 Å². The summed E-state index contributed by atoms with van der Waals surface area (Å²) in [5.41, 5.74) is 5.16. The van der Waals surface area contributed by atoms with Gasteiger partial charge in [0.25, 0.3) is 16.0 Å². The van der Waals surface area contributed by atoms with Crippen molar-refractivity contribution in [3.05, 3.63) is 114 Å². The number of ether oxygens (including phenoxy) is 3. The van der Waals surface area contributed by atoms with E-state index < -0.39 is 39.5 Å². The molecule has 0 spiro atoms. The molecule has 0 radical (unpaired) electrons. The van der Waals surface area contributed by atoms with Gasteiger partial charge in [-0.05, 0) is 66.8 Å². The minimum absolute atomic E-state index is 0.00202. The molecule has 0 aliphatic carbocycles. The zero-order valence-electron chi connectivity index (χ0n) is 31.4. The number of unbranched alkanes of at least 4 members (excludes halogenated alkanes) is 1. The Hall–Kier alpha value is -6.85. The zero-order chi connectivity index (χ0) is 41.3. The third-order valence-electron chi connectivity index (χ3n) is 9.04. The molecule has 2 aromatic heterocycles. The number of hydrogen-bond donors (Lipinski definition) is 5. The molecule has 3 aromatic carbocycles. The van der Waals surface area contributed by atoms with Crippen molar-refractivity contribution >= 4 is 39.9 Å². The smallest absolute Gasteiger partial charge is 0.347 e. The van der Waals surface area contributed by atoms with E-state index in [9.17, 15) is 32.5 Å². The maximum absolute atomic E-state index is 13.3. The summed E-state index contributed by atoms with van der Waals surface area (Å²) in [6.45, 7) is 3.86. The highest BCUT2D eigenvalue weighted by Crippen LogP contribution is 2.37. The number of amides is 2. The molecule has 0 bridgehead atoms. The lowest BCUT2D eigenvalue weighted by Gasteiger charge is -2.26. The second-order valence-electron chi connectivity index (χ2n) is 13.7. The number of anilines is 1. The molecule has 3 heterocycles. The van der Waals surface area contributed by atoms with Crippen molar-refractivity contribution in [2.75, 3.05) is 18.8 Å². The van der Waals surface area contributed by atoms with Gasteiger partial charge >= 0.3 is 5.97 Å². The Bertz CT molecular complexity index is 2430. The van der Waals surface area contributed by atoms with Gasteiger partial charge in [0.15, 0.2) is 11.5 Å². The van der Waals surface area contributed by atoms with Crippen molar-refractivity contribution in [2.24, 2.45) is 10.5 Å². The summed E-state index contributed by atoms with van der Waals surface area (Å²) < 4.78 is 49.7. The number of aliphatic carboxylic acids is 1. The Morgan fingerprint density at radius 3 is 2.40 bits per heavy atom. The van der Waals surface area contributed by atoms with E-state index in [0.29, 0.717) is 43.2 Å². The predicted molar refractivity (Wildman–Crippen MR) is 213 cm³/mol. The fourth-order valence-electron chi connectivity index (χ4n) is 5.82. The van der Waals surface area contributed by atoms with Crippen molar-refractivity contribution < 1.29 is 46.7 Å². The second-order valence-corrected chi connectivity index (χ2v) is 15.1. The van der Waals surface area contributed by atoms with Crippen LogP contribution in [-0.4, -0.2) is 71.6 Å². The summed E-state index contributed by atoms with van der Waals surface area (Å²) >= 11 is 0. The molecule has 0 unspecified atom stereocenters. The third-order valence-corrected chi connectivity index (χ3v) is 9.97. The van der Waals surface area contributed by atoms with E-state index in [1.54, 1.807) is 19.9 Å². The minimum Gasteiger partial charge on any atom is -0.478 e. The van der Waals surface area contributed by atoms with E-state index in [0.717, 1.165) is 28.6 Å². The molecule has 5 aromatic rings. The van der Waals surface area contributed by atoms with Crippen LogP contribution in [0.5, 0.6) is 17.4 Å². The number of pyridine rings is 2. The molecule has 0 saturated carbocycles. The number of rotatable bonds is 17. The van der Waals surface area contributed by atoms with E-state index in [4.69, 9.17) is 19.2 Å². The minimum atomic E-state index is -4.47. The first kappa shape index (κ1) is 40.8. The van der Waals surface area contributed by atoms with Crippen molar-refractivity contribution in [1.82, 2.24) is 20.6 Å². The molecule has 5 N–H and O–H groups in total. The van der Waals surface area contributed by atoms with E-state index in [1.807, 2.05) is 60.7 Å². The largest absolute Gasteiger partial charge is 0.478 e. The number of benzene rings is 3. The van der Waals surface area contributed by atoms with Gasteiger partial charge in [0.05, 0.1) is 24.1 Å². The van der Waals surface area contributed by atoms with Crippen LogP contribution in [0, 0.1) is 5.41 Å². The number of nitrogens with one attached hydrogen (secondary N) is 3. The number of fused-ring (bicyclic) bond motifs is 1. The van der Waals surface area contributed by atoms with Crippen molar-refractivity contribution in [2.45, 2.75) is 44.2 Å². The highest BCUT2D eigenvalue weighted by molar-refractivity contribution is 7.86. The number of carbonyl (C=O) groups excluding carboxylic acids is 2. The van der Waals surface area contributed by atoms with Crippen LogP contribution in [0.4, 0.5) is 5.82 Å². The Labute approximate surface area is 334 Å². The van der Waals surface area contributed by atoms with Crippen molar-refractivity contribution in [1.29, 1.82) is 0 Å². The van der Waals surface area contributed by atoms with E-state index >= 15 is 0 Å². The molecule has 0 fully saturated rings. The van der Waals surface area contributed by atoms with Gasteiger partial charge in [-0.2, -0.15) is 13.5 Å². The first-order valence-corrected chi connectivity index (χ1v) is 19.5. The fourth-order valence-corrected chi connectivity index (χ4v) is 6.49. The van der Waals surface area contributed by atoms with Gasteiger partial charge in [-0.15, -0.1) is 0 Å². The van der Waals surface area contributed by atoms with E-state index in [1.165, 1.54) is 36.5 Å². The maximum atomic E-state index is 13.3. The molecule has 1 atom stereocenters. The van der Waals surface area contributed by atoms with Gasteiger partial charge in [0.2, 0.25) is 24.7 Å². The maximum Gasteiger partial charge on any atom is 0.347 e. The van der Waals surface area contributed by atoms with Crippen LogP contribution >= 0.6 is 0 Å². The molecular weight excluding hydrogens is 769 g/mol. The van der Waals surface area contributed by atoms with Gasteiger partial charge in [0.1, 0.15) is 10.7 Å². The van der Waals surface area contributed by atoms with Crippen LogP contribution < -0.4 is 30.3 Å². The van der Waals surface area contributed by atoms with Crippen molar-refractivity contribution in [3.63, 3.8) is 0 Å². The first-order valence-electron chi connectivity index (χ1n) is 18.0. The SMILES string of the molecule is CC(C)(CCCCOc1cc(-c2ccc3c(c2)OCO3)cc(-c2ccccc2)n1)C(=O)N[C@@H](NC(=O)c1ccc(N/N=C/c2ccccc2S(=O)(=O)O)nc1)C(=O)O. The Kier molecular flexibility index (Phi) is 12.6. The predicted octanol–water partition coefficient (Wildman–Crippen LogP) is 5.76. The summed E-state index contributed by atoms with van der Waals surface area (Å²) in [5.74, 6) is -0.896. The number of aromatic nitrogens is 2. The summed E-state index contributed by atoms with van der Waals surface area (Å²) in [4.78, 5) is 46.7. The van der Waals surface area contributed by atoms with Crippen molar-refractivity contribution in [3.8, 4) is 39.8 Å². The normalized spacial score (nSPS) is 12.8. The average Bonchev–Trinajstić information content (AvgIpc) is 3.69. The summed E-state index contributed by atoms with van der Waals surface area (Å²) in [6.07, 6.45) is 2.15. The van der Waals surface area contributed by atoms with Crippen LogP contribution in [0.15, 0.2) is 113 Å². The number of carboxylic acids is 1. The van der Waals surface area contributed by atoms with Gasteiger partial charge < -0.3 is 30.0 Å². The molecule has 300 valence electrons. The van der Waals surface area contributed by atoms with Crippen LogP contribution in [0.3, 0.4) is 0 Å². The van der Waals surface area contributed by atoms with E-state index in [-0.39, 0.29) is 28.6 Å². The molecule has 16 nitrogen and oxygen atoms in total. The second kappa shape index (κ2) is 18.0. The highest BCUT2D eigenvalue weighted by Gasteiger charge is 2.32. The van der Waals surface area contributed by atoms with Crippen LogP contribution in [-0.2, 0) is 19.7 Å². The Balaban J connectivity index is 0.998. The molecule has 6 rings (SSSR count). The quantitative estimate of drug-likeness (QED) is 0.0248. The lowest BCUT2D eigenvalue weighted by molar-refractivity contribution is -0.144. The zero-order valence-corrected chi connectivity index (χ0v) is 32.2. The molecular formula is C41H40N6O10S. The van der Waals surface area contributed by atoms with Gasteiger partial charge in [-0.3, -0.25) is 19.6 Å². The third kappa shape index (κ3) is 10.5. The molecule has 1 aliphatic heterocycles. The number of hydrogen-bond acceptors (Lipinski definition) is 12. The Morgan fingerprint density at radius 1 is 0.897 bits per heavy atom. The average molecular weight is 809 g/mol. The van der Waals surface area contributed by atoms with E-state index in [2.05, 4.69) is 26.1 Å². The monoisotopic (exact) mass is 808 g/mol. The lowest BCUT2D eigenvalue weighted by atomic mass is 9.86. The first-order chi connectivity index (χ1) is 27.8. The lowest BCUT2D eigenvalue weighted by Crippen LogP contribution is -2.55. The topological polar surface area (TPSA) is 228 Å². The van der Waals surface area contributed by atoms with Crippen LogP contribution in [0.2, 0.25) is 0 Å². The summed E-state index contributed by atoms with van der Waals surface area (Å²) in [7, 11) is -4.47. The molecule has 0 saturated heterocycles. The molecule has 17 heteroatoms. The number of nitrogens with zero attached hydrogens (tertiary/aromatic N) is 3. The molecule has 1 aliphatic rings. The fraction of sp³-hybridized carbons (Fsp3) is 0.220. The Morgan fingerprint density at radius 2 is 1.66 bits per heavy atom. The number of hydrazone groups is 1. The molecule has 2 amide bonds. The summed E-state index contributed by atoms with van der Waals surface area (Å²) in [6, 6.07) is 27.7. The summed E-state index contributed by atoms with van der Waals surface area (Å²) in [5, 5.41) is 18.4. The van der Waals surface area contributed by atoms with Gasteiger partial charge in [-0.1, -0.05) is 68.4 Å². The standard InChI is InChI=1S/C41H40N6O10S/c1-41(2,18-8-9-19-55-36-22-30(20-31(44-36)26-10-4-3-5-11-26)27-14-16-32-33(21-27)57-25-56-32)40(51)46-37(39(49)50)45-38(48)29-15-17-35(42-23-29)47-43-24-28-12-6-7-13-34(28)58(52,53)54/h3-7,10-17,20-24,37H,8-9,18-19,25H2,1-2H3,(H,42,47)(H,45,48)(H,46,51)(H,49,50)(H,52,53,54)/b43-24+/t37-/m1/s1. The highest BCUT2D eigenvalue weighted by atomic mass is 32.2. The number of carbonyl (C=O) groups is 3.